The van der Waals surface area contributed by atoms with E-state index in [0.717, 1.165) is 42.0 Å². The van der Waals surface area contributed by atoms with E-state index in [1.165, 1.54) is 11.1 Å². The minimum absolute atomic E-state index is 0.160. The first-order valence-electron chi connectivity index (χ1n) is 7.54. The van der Waals surface area contributed by atoms with E-state index in [4.69, 9.17) is 4.84 Å². The van der Waals surface area contributed by atoms with Crippen molar-refractivity contribution in [1.29, 1.82) is 0 Å². The molecule has 1 aliphatic rings. The summed E-state index contributed by atoms with van der Waals surface area (Å²) in [6.07, 6.45) is 2.06. The molecule has 2 aromatic rings. The Balaban J connectivity index is 1.58. The number of nitrogens with one attached hydrogen (secondary N) is 2. The highest BCUT2D eigenvalue weighted by atomic mass is 16.6. The molecule has 2 N–H and O–H groups in total. The molecular formula is C16H22N4O. The summed E-state index contributed by atoms with van der Waals surface area (Å²) in [5.74, 6) is 0.966. The summed E-state index contributed by atoms with van der Waals surface area (Å²) in [5, 5.41) is 7.46. The standard InChI is InChI=1S/C16H22N4O/c1-4-12-7-13(21-20-12)8-17-9-15-18-14-6-5-10(2)11(3)16(14)19-15/h5-6,13,17H,4,7-9H2,1-3H3,(H,18,19)/t13-/m0/s1. The van der Waals surface area contributed by atoms with E-state index in [-0.39, 0.29) is 6.10 Å². The number of hydrogen-bond acceptors (Lipinski definition) is 4. The van der Waals surface area contributed by atoms with Crippen molar-refractivity contribution in [2.24, 2.45) is 5.16 Å². The quantitative estimate of drug-likeness (QED) is 0.888. The molecule has 0 spiro atoms. The normalized spacial score (nSPS) is 18.0. The summed E-state index contributed by atoms with van der Waals surface area (Å²) in [5.41, 5.74) is 5.84. The van der Waals surface area contributed by atoms with Gasteiger partial charge in [-0.05, 0) is 37.5 Å². The van der Waals surface area contributed by atoms with Crippen LogP contribution < -0.4 is 5.32 Å². The summed E-state index contributed by atoms with van der Waals surface area (Å²) in [7, 11) is 0. The van der Waals surface area contributed by atoms with Crippen LogP contribution in [0.2, 0.25) is 0 Å². The van der Waals surface area contributed by atoms with Crippen molar-refractivity contribution < 1.29 is 4.84 Å². The van der Waals surface area contributed by atoms with E-state index in [1.807, 2.05) is 0 Å². The van der Waals surface area contributed by atoms with Crippen LogP contribution in [0.3, 0.4) is 0 Å². The van der Waals surface area contributed by atoms with Gasteiger partial charge < -0.3 is 15.1 Å². The Labute approximate surface area is 124 Å². The minimum atomic E-state index is 0.160. The van der Waals surface area contributed by atoms with E-state index < -0.39 is 0 Å². The third-order valence-electron chi connectivity index (χ3n) is 4.09. The average molecular weight is 286 g/mol. The molecule has 0 unspecified atom stereocenters. The maximum Gasteiger partial charge on any atom is 0.145 e. The molecule has 21 heavy (non-hydrogen) atoms. The number of imidazole rings is 1. The molecule has 0 saturated carbocycles. The number of hydrogen-bond donors (Lipinski definition) is 2. The lowest BCUT2D eigenvalue weighted by Gasteiger charge is -2.08. The van der Waals surface area contributed by atoms with E-state index in [9.17, 15) is 0 Å². The molecule has 5 heteroatoms. The van der Waals surface area contributed by atoms with Crippen LogP contribution in [-0.2, 0) is 11.4 Å². The molecule has 1 aliphatic heterocycles. The zero-order valence-corrected chi connectivity index (χ0v) is 12.9. The number of fused-ring (bicyclic) bond motifs is 1. The summed E-state index contributed by atoms with van der Waals surface area (Å²) in [6.45, 7) is 7.85. The fourth-order valence-corrected chi connectivity index (χ4v) is 2.60. The highest BCUT2D eigenvalue weighted by Crippen LogP contribution is 2.19. The fraction of sp³-hybridized carbons (Fsp3) is 0.500. The Bertz CT molecular complexity index is 674. The van der Waals surface area contributed by atoms with Crippen LogP contribution >= 0.6 is 0 Å². The Morgan fingerprint density at radius 1 is 1.38 bits per heavy atom. The van der Waals surface area contributed by atoms with Gasteiger partial charge in [-0.25, -0.2) is 4.98 Å². The van der Waals surface area contributed by atoms with Gasteiger partial charge in [0.1, 0.15) is 11.9 Å². The first-order chi connectivity index (χ1) is 10.2. The Kier molecular flexibility index (Phi) is 3.92. The highest BCUT2D eigenvalue weighted by molar-refractivity contribution is 5.85. The van der Waals surface area contributed by atoms with E-state index in [0.29, 0.717) is 6.54 Å². The lowest BCUT2D eigenvalue weighted by atomic mass is 10.1. The number of H-pyrrole nitrogens is 1. The highest BCUT2D eigenvalue weighted by Gasteiger charge is 2.19. The van der Waals surface area contributed by atoms with Crippen LogP contribution in [0.15, 0.2) is 17.3 Å². The number of benzene rings is 1. The summed E-state index contributed by atoms with van der Waals surface area (Å²) < 4.78 is 0. The lowest BCUT2D eigenvalue weighted by Crippen LogP contribution is -2.27. The van der Waals surface area contributed by atoms with Gasteiger partial charge in [-0.3, -0.25) is 0 Å². The zero-order valence-electron chi connectivity index (χ0n) is 12.9. The lowest BCUT2D eigenvalue weighted by molar-refractivity contribution is 0.0847. The number of aryl methyl sites for hydroxylation is 2. The predicted octanol–water partition coefficient (Wildman–Crippen LogP) is 2.82. The first kappa shape index (κ1) is 14.1. The number of aromatic nitrogens is 2. The summed E-state index contributed by atoms with van der Waals surface area (Å²) >= 11 is 0. The minimum Gasteiger partial charge on any atom is -0.391 e. The van der Waals surface area contributed by atoms with Gasteiger partial charge in [0.25, 0.3) is 0 Å². The van der Waals surface area contributed by atoms with Crippen LogP contribution in [0.1, 0.15) is 36.7 Å². The van der Waals surface area contributed by atoms with E-state index in [1.54, 1.807) is 0 Å². The largest absolute Gasteiger partial charge is 0.391 e. The monoisotopic (exact) mass is 286 g/mol. The van der Waals surface area contributed by atoms with Crippen molar-refractivity contribution in [3.8, 4) is 0 Å². The molecule has 0 amide bonds. The van der Waals surface area contributed by atoms with Crippen molar-refractivity contribution in [2.45, 2.75) is 46.3 Å². The number of oxime groups is 1. The van der Waals surface area contributed by atoms with Crippen LogP contribution in [0.4, 0.5) is 0 Å². The second-order valence-electron chi connectivity index (χ2n) is 5.66. The molecule has 2 heterocycles. The molecule has 0 fully saturated rings. The molecule has 5 nitrogen and oxygen atoms in total. The Hall–Kier alpha value is -1.88. The molecule has 3 rings (SSSR count). The molecule has 0 radical (unpaired) electrons. The van der Waals surface area contributed by atoms with E-state index >= 15 is 0 Å². The Morgan fingerprint density at radius 3 is 3.00 bits per heavy atom. The Morgan fingerprint density at radius 2 is 2.24 bits per heavy atom. The average Bonchev–Trinajstić information content (AvgIpc) is 3.10. The van der Waals surface area contributed by atoms with Crippen molar-refractivity contribution in [3.63, 3.8) is 0 Å². The van der Waals surface area contributed by atoms with Gasteiger partial charge in [0, 0.05) is 13.0 Å². The third kappa shape index (κ3) is 2.93. The van der Waals surface area contributed by atoms with Gasteiger partial charge in [0.2, 0.25) is 0 Å². The van der Waals surface area contributed by atoms with Crippen LogP contribution in [0.25, 0.3) is 11.0 Å². The second-order valence-corrected chi connectivity index (χ2v) is 5.66. The van der Waals surface area contributed by atoms with Gasteiger partial charge in [-0.2, -0.15) is 0 Å². The van der Waals surface area contributed by atoms with Crippen molar-refractivity contribution in [1.82, 2.24) is 15.3 Å². The fourth-order valence-electron chi connectivity index (χ4n) is 2.60. The predicted molar refractivity (Wildman–Crippen MR) is 84.5 cm³/mol. The van der Waals surface area contributed by atoms with Crippen molar-refractivity contribution >= 4 is 16.7 Å². The molecule has 112 valence electrons. The van der Waals surface area contributed by atoms with Crippen molar-refractivity contribution in [2.75, 3.05) is 6.54 Å². The molecule has 0 aliphatic carbocycles. The van der Waals surface area contributed by atoms with Gasteiger partial charge in [0.15, 0.2) is 0 Å². The molecule has 1 aromatic heterocycles. The molecule has 1 aromatic carbocycles. The third-order valence-corrected chi connectivity index (χ3v) is 4.09. The van der Waals surface area contributed by atoms with Gasteiger partial charge >= 0.3 is 0 Å². The molecule has 0 bridgehead atoms. The van der Waals surface area contributed by atoms with Gasteiger partial charge in [0.05, 0.1) is 23.3 Å². The van der Waals surface area contributed by atoms with E-state index in [2.05, 4.69) is 53.3 Å². The molecular weight excluding hydrogens is 264 g/mol. The number of rotatable bonds is 5. The van der Waals surface area contributed by atoms with Crippen LogP contribution in [0, 0.1) is 13.8 Å². The smallest absolute Gasteiger partial charge is 0.145 e. The van der Waals surface area contributed by atoms with Crippen LogP contribution in [-0.4, -0.2) is 28.3 Å². The number of nitrogens with zero attached hydrogens (tertiary/aromatic N) is 2. The number of aromatic amines is 1. The molecule has 1 atom stereocenters. The topological polar surface area (TPSA) is 62.3 Å². The summed E-state index contributed by atoms with van der Waals surface area (Å²) in [4.78, 5) is 13.4. The van der Waals surface area contributed by atoms with Gasteiger partial charge in [-0.1, -0.05) is 18.1 Å². The van der Waals surface area contributed by atoms with Crippen LogP contribution in [0.5, 0.6) is 0 Å². The molecule has 0 saturated heterocycles. The second kappa shape index (κ2) is 5.85. The maximum atomic E-state index is 5.38. The maximum absolute atomic E-state index is 5.38. The SMILES string of the molecule is CCC1=NO[C@H](CNCc2nc3c(C)c(C)ccc3[nH]2)C1. The zero-order chi connectivity index (χ0) is 14.8. The summed E-state index contributed by atoms with van der Waals surface area (Å²) in [6, 6.07) is 4.22. The van der Waals surface area contributed by atoms with Crippen molar-refractivity contribution in [3.05, 3.63) is 29.1 Å². The van der Waals surface area contributed by atoms with Gasteiger partial charge in [-0.15, -0.1) is 0 Å². The first-order valence-corrected chi connectivity index (χ1v) is 7.54.